The van der Waals surface area contributed by atoms with Gasteiger partial charge in [0.2, 0.25) is 0 Å². The molecule has 150 valence electrons. The standard InChI is InChI=1S/C23H34O4/c1-5-14-6-7-17-20-18(25)11-15-10-16(27-13(2)24)8-9-22(15,3)21(20)19(26)12-23(14,17)4/h5,11,14,16-21,25-26H,1,6-10,12H2,2-4H3/t14-,16+,17?,18+,19+,20?,21?,22-,23+/m0/s1. The molecule has 0 amide bonds. The molecule has 2 N–H and O–H groups in total. The van der Waals surface area contributed by atoms with Gasteiger partial charge in [0.1, 0.15) is 6.10 Å². The van der Waals surface area contributed by atoms with E-state index < -0.39 is 12.2 Å². The van der Waals surface area contributed by atoms with E-state index >= 15 is 0 Å². The SMILES string of the molecule is C=C[C@H]1CCC2C3C([C@H](O)C[C@@]21C)[C@@]1(C)CC[C@@H](OC(C)=O)CC1=C[C@H]3O. The molecule has 4 aliphatic carbocycles. The summed E-state index contributed by atoms with van der Waals surface area (Å²) in [5.41, 5.74) is 1.09. The molecule has 0 aromatic heterocycles. The van der Waals surface area contributed by atoms with Crippen molar-refractivity contribution in [1.29, 1.82) is 0 Å². The highest BCUT2D eigenvalue weighted by Gasteiger charge is 2.63. The molecule has 4 aliphatic rings. The maximum atomic E-state index is 11.4. The number of ether oxygens (including phenoxy) is 1. The fourth-order valence-corrected chi connectivity index (χ4v) is 7.49. The molecule has 3 fully saturated rings. The lowest BCUT2D eigenvalue weighted by atomic mass is 9.46. The maximum absolute atomic E-state index is 11.4. The van der Waals surface area contributed by atoms with Crippen LogP contribution in [0.4, 0.5) is 0 Å². The van der Waals surface area contributed by atoms with Gasteiger partial charge in [0.05, 0.1) is 12.2 Å². The third-order valence-electron chi connectivity index (χ3n) is 8.71. The minimum Gasteiger partial charge on any atom is -0.462 e. The van der Waals surface area contributed by atoms with E-state index in [0.29, 0.717) is 18.3 Å². The normalized spacial score (nSPS) is 51.4. The molecule has 4 rings (SSSR count). The van der Waals surface area contributed by atoms with Gasteiger partial charge in [0.15, 0.2) is 0 Å². The lowest BCUT2D eigenvalue weighted by Gasteiger charge is -2.60. The molecule has 27 heavy (non-hydrogen) atoms. The summed E-state index contributed by atoms with van der Waals surface area (Å²) in [5, 5.41) is 22.4. The second-order valence-electron chi connectivity index (χ2n) is 9.98. The van der Waals surface area contributed by atoms with E-state index in [0.717, 1.165) is 32.1 Å². The zero-order valence-electron chi connectivity index (χ0n) is 16.9. The van der Waals surface area contributed by atoms with Crippen LogP contribution in [0.1, 0.15) is 59.3 Å². The van der Waals surface area contributed by atoms with Gasteiger partial charge >= 0.3 is 5.97 Å². The largest absolute Gasteiger partial charge is 0.462 e. The molecule has 0 bridgehead atoms. The van der Waals surface area contributed by atoms with Gasteiger partial charge < -0.3 is 14.9 Å². The molecular formula is C23H34O4. The van der Waals surface area contributed by atoms with Crippen LogP contribution in [-0.2, 0) is 9.53 Å². The van der Waals surface area contributed by atoms with Gasteiger partial charge in [-0.3, -0.25) is 4.79 Å². The zero-order chi connectivity index (χ0) is 19.6. The van der Waals surface area contributed by atoms with Gasteiger partial charge in [0, 0.05) is 13.3 Å². The summed E-state index contributed by atoms with van der Waals surface area (Å²) in [6, 6.07) is 0. The van der Waals surface area contributed by atoms with Crippen LogP contribution in [0.3, 0.4) is 0 Å². The summed E-state index contributed by atoms with van der Waals surface area (Å²) in [6.07, 6.45) is 8.47. The number of carbonyl (C=O) groups excluding carboxylic acids is 1. The fraction of sp³-hybridized carbons (Fsp3) is 0.783. The number of aliphatic hydroxyl groups is 2. The minimum absolute atomic E-state index is 0.0277. The monoisotopic (exact) mass is 374 g/mol. The van der Waals surface area contributed by atoms with Crippen molar-refractivity contribution in [2.24, 2.45) is 34.5 Å². The van der Waals surface area contributed by atoms with E-state index in [9.17, 15) is 15.0 Å². The van der Waals surface area contributed by atoms with Crippen LogP contribution in [0.15, 0.2) is 24.3 Å². The van der Waals surface area contributed by atoms with Crippen molar-refractivity contribution in [3.05, 3.63) is 24.3 Å². The first-order chi connectivity index (χ1) is 12.7. The smallest absolute Gasteiger partial charge is 0.302 e. The third-order valence-corrected chi connectivity index (χ3v) is 8.71. The number of esters is 1. The fourth-order valence-electron chi connectivity index (χ4n) is 7.49. The molecule has 4 heteroatoms. The predicted octanol–water partition coefficient (Wildman–Crippen LogP) is 3.62. The molecule has 9 atom stereocenters. The second-order valence-corrected chi connectivity index (χ2v) is 9.98. The average molecular weight is 375 g/mol. The van der Waals surface area contributed by atoms with Gasteiger partial charge in [-0.2, -0.15) is 0 Å². The number of carbonyl (C=O) groups is 1. The Kier molecular flexibility index (Phi) is 4.59. The number of aliphatic hydroxyl groups excluding tert-OH is 2. The molecule has 0 spiro atoms. The first-order valence-electron chi connectivity index (χ1n) is 10.6. The Balaban J connectivity index is 1.69. The summed E-state index contributed by atoms with van der Waals surface area (Å²) >= 11 is 0. The lowest BCUT2D eigenvalue weighted by molar-refractivity contribution is -0.158. The van der Waals surface area contributed by atoms with Gasteiger partial charge in [0.25, 0.3) is 0 Å². The predicted molar refractivity (Wildman–Crippen MR) is 104 cm³/mol. The Bertz CT molecular complexity index is 669. The molecule has 0 aromatic rings. The van der Waals surface area contributed by atoms with E-state index in [1.165, 1.54) is 12.5 Å². The molecule has 0 aliphatic heterocycles. The topological polar surface area (TPSA) is 66.8 Å². The van der Waals surface area contributed by atoms with Crippen molar-refractivity contribution in [3.8, 4) is 0 Å². The molecule has 0 heterocycles. The average Bonchev–Trinajstić information content (AvgIpc) is 2.91. The highest BCUT2D eigenvalue weighted by Crippen LogP contribution is 2.66. The second kappa shape index (κ2) is 6.45. The molecule has 3 saturated carbocycles. The van der Waals surface area contributed by atoms with E-state index in [1.54, 1.807) is 0 Å². The van der Waals surface area contributed by atoms with E-state index in [-0.39, 0.29) is 34.7 Å². The van der Waals surface area contributed by atoms with Gasteiger partial charge in [-0.05, 0) is 66.6 Å². The van der Waals surface area contributed by atoms with E-state index in [1.807, 2.05) is 6.08 Å². The van der Waals surface area contributed by atoms with Crippen molar-refractivity contribution in [2.75, 3.05) is 0 Å². The summed E-state index contributed by atoms with van der Waals surface area (Å²) in [6.45, 7) is 10.1. The first-order valence-corrected chi connectivity index (χ1v) is 10.6. The zero-order valence-corrected chi connectivity index (χ0v) is 16.9. The van der Waals surface area contributed by atoms with Gasteiger partial charge in [-0.25, -0.2) is 0 Å². The van der Waals surface area contributed by atoms with Crippen molar-refractivity contribution in [1.82, 2.24) is 0 Å². The van der Waals surface area contributed by atoms with Crippen molar-refractivity contribution < 1.29 is 19.7 Å². The van der Waals surface area contributed by atoms with Crippen LogP contribution >= 0.6 is 0 Å². The van der Waals surface area contributed by atoms with Crippen LogP contribution in [0.5, 0.6) is 0 Å². The number of allylic oxidation sites excluding steroid dienone is 1. The number of hydrogen-bond donors (Lipinski definition) is 2. The molecule has 0 aromatic carbocycles. The Labute approximate surface area is 162 Å². The molecule has 3 unspecified atom stereocenters. The number of hydrogen-bond acceptors (Lipinski definition) is 4. The molecule has 0 radical (unpaired) electrons. The Morgan fingerprint density at radius 3 is 2.70 bits per heavy atom. The van der Waals surface area contributed by atoms with Crippen LogP contribution < -0.4 is 0 Å². The number of rotatable bonds is 2. The van der Waals surface area contributed by atoms with Crippen LogP contribution in [0.2, 0.25) is 0 Å². The maximum Gasteiger partial charge on any atom is 0.302 e. The first kappa shape index (κ1) is 19.2. The van der Waals surface area contributed by atoms with Crippen molar-refractivity contribution >= 4 is 5.97 Å². The molecule has 4 nitrogen and oxygen atoms in total. The third kappa shape index (κ3) is 2.74. The van der Waals surface area contributed by atoms with Crippen LogP contribution in [0.25, 0.3) is 0 Å². The quantitative estimate of drug-likeness (QED) is 0.572. The Hall–Kier alpha value is -1.13. The van der Waals surface area contributed by atoms with Crippen LogP contribution in [0, 0.1) is 34.5 Å². The van der Waals surface area contributed by atoms with E-state index in [2.05, 4.69) is 26.5 Å². The van der Waals surface area contributed by atoms with Crippen molar-refractivity contribution in [2.45, 2.75) is 77.6 Å². The number of fused-ring (bicyclic) bond motifs is 5. The summed E-state index contributed by atoms with van der Waals surface area (Å²) < 4.78 is 5.46. The Morgan fingerprint density at radius 1 is 1.30 bits per heavy atom. The van der Waals surface area contributed by atoms with Gasteiger partial charge in [-0.1, -0.05) is 31.6 Å². The summed E-state index contributed by atoms with van der Waals surface area (Å²) in [5.74, 6) is 0.774. The van der Waals surface area contributed by atoms with E-state index in [4.69, 9.17) is 4.74 Å². The van der Waals surface area contributed by atoms with Gasteiger partial charge in [-0.15, -0.1) is 6.58 Å². The highest BCUT2D eigenvalue weighted by molar-refractivity contribution is 5.66. The van der Waals surface area contributed by atoms with Crippen LogP contribution in [-0.4, -0.2) is 34.5 Å². The van der Waals surface area contributed by atoms with Crippen molar-refractivity contribution in [3.63, 3.8) is 0 Å². The highest BCUT2D eigenvalue weighted by atomic mass is 16.5. The molecule has 0 saturated heterocycles. The lowest BCUT2D eigenvalue weighted by Crippen LogP contribution is -2.59. The summed E-state index contributed by atoms with van der Waals surface area (Å²) in [7, 11) is 0. The molecular weight excluding hydrogens is 340 g/mol. The summed E-state index contributed by atoms with van der Waals surface area (Å²) in [4.78, 5) is 11.4. The Morgan fingerprint density at radius 2 is 2.04 bits per heavy atom. The minimum atomic E-state index is -0.531.